The molecule has 0 bridgehead atoms. The van der Waals surface area contributed by atoms with Gasteiger partial charge in [0.15, 0.2) is 0 Å². The van der Waals surface area contributed by atoms with E-state index in [0.29, 0.717) is 36.4 Å². The number of rotatable bonds is 5. The highest BCUT2D eigenvalue weighted by molar-refractivity contribution is 5.83. The van der Waals surface area contributed by atoms with Gasteiger partial charge in [-0.25, -0.2) is 4.98 Å². The molecule has 2 heterocycles. The molecule has 5 heteroatoms. The third-order valence-electron chi connectivity index (χ3n) is 5.11. The third kappa shape index (κ3) is 3.20. The zero-order chi connectivity index (χ0) is 16.8. The Balaban J connectivity index is 1.55. The van der Waals surface area contributed by atoms with Crippen LogP contribution in [0.2, 0.25) is 0 Å². The number of amides is 1. The molecule has 2 fully saturated rings. The number of fused-ring (bicyclic) bond motifs is 1. The second-order valence-corrected chi connectivity index (χ2v) is 7.71. The van der Waals surface area contributed by atoms with Crippen LogP contribution in [0.4, 0.5) is 0 Å². The molecule has 1 amide bonds. The van der Waals surface area contributed by atoms with Gasteiger partial charge in [-0.3, -0.25) is 4.79 Å². The second kappa shape index (κ2) is 5.78. The molecule has 1 aliphatic carbocycles. The highest BCUT2D eigenvalue weighted by atomic mass is 16.5. The highest BCUT2D eigenvalue weighted by Crippen LogP contribution is 2.54. The molecule has 0 radical (unpaired) electrons. The fourth-order valence-electron chi connectivity index (χ4n) is 3.96. The Morgan fingerprint density at radius 3 is 2.61 bits per heavy atom. The quantitative estimate of drug-likeness (QED) is 0.871. The van der Waals surface area contributed by atoms with Gasteiger partial charge in [-0.1, -0.05) is 6.07 Å². The van der Waals surface area contributed by atoms with Crippen LogP contribution >= 0.6 is 0 Å². The molecule has 23 heavy (non-hydrogen) atoms. The van der Waals surface area contributed by atoms with E-state index in [1.54, 1.807) is 6.20 Å². The first-order valence-electron chi connectivity index (χ1n) is 8.43. The molecule has 5 nitrogen and oxygen atoms in total. The lowest BCUT2D eigenvalue weighted by Crippen LogP contribution is -2.50. The lowest BCUT2D eigenvalue weighted by Gasteiger charge is -2.27. The Kier molecular flexibility index (Phi) is 4.08. The van der Waals surface area contributed by atoms with E-state index in [1.807, 2.05) is 32.9 Å². The molecule has 1 aromatic heterocycles. The first-order chi connectivity index (χ1) is 10.8. The molecule has 1 aliphatic heterocycles. The number of carbonyl (C=O) groups excluding carboxylic acids is 1. The maximum Gasteiger partial charge on any atom is 0.224 e. The van der Waals surface area contributed by atoms with Crippen LogP contribution in [-0.4, -0.2) is 35.1 Å². The molecular weight excluding hydrogens is 290 g/mol. The van der Waals surface area contributed by atoms with Crippen LogP contribution in [0.1, 0.15) is 33.3 Å². The third-order valence-corrected chi connectivity index (χ3v) is 5.11. The van der Waals surface area contributed by atoms with Gasteiger partial charge in [0.1, 0.15) is 6.61 Å². The van der Waals surface area contributed by atoms with E-state index in [2.05, 4.69) is 29.5 Å². The van der Waals surface area contributed by atoms with Crippen LogP contribution in [0.3, 0.4) is 0 Å². The Morgan fingerprint density at radius 1 is 1.35 bits per heavy atom. The summed E-state index contributed by atoms with van der Waals surface area (Å²) in [5.74, 6) is 1.91. The van der Waals surface area contributed by atoms with Crippen molar-refractivity contribution in [3.05, 3.63) is 23.9 Å². The van der Waals surface area contributed by atoms with Gasteiger partial charge in [0.05, 0.1) is 5.54 Å². The van der Waals surface area contributed by atoms with Gasteiger partial charge in [0.25, 0.3) is 0 Å². The number of piperidine rings is 1. The van der Waals surface area contributed by atoms with Crippen LogP contribution < -0.4 is 15.4 Å². The molecule has 3 rings (SSSR count). The molecule has 2 aliphatic rings. The fraction of sp³-hybridized carbons (Fsp3) is 0.667. The van der Waals surface area contributed by atoms with Crippen LogP contribution in [0.15, 0.2) is 18.3 Å². The molecule has 5 atom stereocenters. The van der Waals surface area contributed by atoms with Crippen molar-refractivity contribution in [2.75, 3.05) is 6.61 Å². The first kappa shape index (κ1) is 16.2. The molecule has 0 spiro atoms. The minimum Gasteiger partial charge on any atom is -0.475 e. The van der Waals surface area contributed by atoms with Crippen LogP contribution in [0.25, 0.3) is 0 Å². The zero-order valence-electron chi connectivity index (χ0n) is 14.6. The standard InChI is InChI=1S/C18H27N3O2/c1-10-7-6-8-19-17(10)23-9-18(4,5)21-16(22)15-13-11(2)20-12(3)14(13)15/h6-8,11-15,20H,9H2,1-5H3,(H,21,22)/t11-,12-,13-,14+,15?/m1/s1. The predicted molar refractivity (Wildman–Crippen MR) is 89.2 cm³/mol. The summed E-state index contributed by atoms with van der Waals surface area (Å²) in [6, 6.07) is 4.72. The summed E-state index contributed by atoms with van der Waals surface area (Å²) in [5, 5.41) is 6.66. The van der Waals surface area contributed by atoms with E-state index in [1.165, 1.54) is 0 Å². The molecule has 2 N–H and O–H groups in total. The van der Waals surface area contributed by atoms with Crippen molar-refractivity contribution in [1.82, 2.24) is 15.6 Å². The number of ether oxygens (including phenoxy) is 1. The number of carbonyl (C=O) groups is 1. The molecule has 126 valence electrons. The SMILES string of the molecule is Cc1cccnc1OCC(C)(C)NC(=O)C1[C@@H]2[C@H]1[C@@H](C)N[C@@H]2C. The van der Waals surface area contributed by atoms with Gasteiger partial charge in [0, 0.05) is 29.8 Å². The van der Waals surface area contributed by atoms with Gasteiger partial charge < -0.3 is 15.4 Å². The molecule has 1 aromatic rings. The summed E-state index contributed by atoms with van der Waals surface area (Å²) >= 11 is 0. The van der Waals surface area contributed by atoms with E-state index in [-0.39, 0.29) is 11.8 Å². The lowest BCUT2D eigenvalue weighted by molar-refractivity contribution is -0.125. The molecular formula is C18H27N3O2. The smallest absolute Gasteiger partial charge is 0.224 e. The van der Waals surface area contributed by atoms with Crippen molar-refractivity contribution in [3.63, 3.8) is 0 Å². The number of aromatic nitrogens is 1. The number of pyridine rings is 1. The molecule has 0 aromatic carbocycles. The summed E-state index contributed by atoms with van der Waals surface area (Å²) < 4.78 is 5.80. The summed E-state index contributed by atoms with van der Waals surface area (Å²) in [6.07, 6.45) is 1.72. The number of hydrogen-bond acceptors (Lipinski definition) is 4. The summed E-state index contributed by atoms with van der Waals surface area (Å²) in [5.41, 5.74) is 0.581. The largest absolute Gasteiger partial charge is 0.475 e. The fourth-order valence-corrected chi connectivity index (χ4v) is 3.96. The molecule has 1 saturated carbocycles. The maximum absolute atomic E-state index is 12.6. The summed E-state index contributed by atoms with van der Waals surface area (Å²) in [7, 11) is 0. The van der Waals surface area contributed by atoms with Crippen molar-refractivity contribution in [3.8, 4) is 5.88 Å². The summed E-state index contributed by atoms with van der Waals surface area (Å²) in [4.78, 5) is 16.8. The maximum atomic E-state index is 12.6. The summed E-state index contributed by atoms with van der Waals surface area (Å²) in [6.45, 7) is 10.7. The van der Waals surface area contributed by atoms with Crippen LogP contribution in [0, 0.1) is 24.7 Å². The number of nitrogens with zero attached hydrogens (tertiary/aromatic N) is 1. The normalized spacial score (nSPS) is 32.3. The Bertz CT molecular complexity index is 588. The second-order valence-electron chi connectivity index (χ2n) is 7.71. The van der Waals surface area contributed by atoms with E-state index in [0.717, 1.165) is 5.56 Å². The van der Waals surface area contributed by atoms with Gasteiger partial charge in [-0.15, -0.1) is 0 Å². The minimum absolute atomic E-state index is 0.150. The van der Waals surface area contributed by atoms with Crippen molar-refractivity contribution in [2.24, 2.45) is 17.8 Å². The Hall–Kier alpha value is -1.62. The van der Waals surface area contributed by atoms with Crippen molar-refractivity contribution in [1.29, 1.82) is 0 Å². The van der Waals surface area contributed by atoms with Gasteiger partial charge in [0.2, 0.25) is 11.8 Å². The van der Waals surface area contributed by atoms with Crippen LogP contribution in [-0.2, 0) is 4.79 Å². The predicted octanol–water partition coefficient (Wildman–Crippen LogP) is 1.91. The van der Waals surface area contributed by atoms with Gasteiger partial charge in [-0.05, 0) is 52.5 Å². The van der Waals surface area contributed by atoms with E-state index < -0.39 is 5.54 Å². The topological polar surface area (TPSA) is 63.2 Å². The lowest BCUT2D eigenvalue weighted by atomic mass is 10.1. The van der Waals surface area contributed by atoms with E-state index in [9.17, 15) is 4.79 Å². The number of aryl methyl sites for hydroxylation is 1. The highest BCUT2D eigenvalue weighted by Gasteiger charge is 2.63. The molecule has 1 unspecified atom stereocenters. The van der Waals surface area contributed by atoms with E-state index >= 15 is 0 Å². The number of nitrogens with one attached hydrogen (secondary N) is 2. The molecule has 1 saturated heterocycles. The first-order valence-corrected chi connectivity index (χ1v) is 8.43. The van der Waals surface area contributed by atoms with Crippen molar-refractivity contribution in [2.45, 2.75) is 52.2 Å². The zero-order valence-corrected chi connectivity index (χ0v) is 14.6. The Labute approximate surface area is 138 Å². The average molecular weight is 317 g/mol. The Morgan fingerprint density at radius 2 is 2.00 bits per heavy atom. The average Bonchev–Trinajstić information content (AvgIpc) is 3.15. The van der Waals surface area contributed by atoms with Crippen molar-refractivity contribution < 1.29 is 9.53 Å². The minimum atomic E-state index is -0.419. The van der Waals surface area contributed by atoms with E-state index in [4.69, 9.17) is 4.74 Å². The number of hydrogen-bond donors (Lipinski definition) is 2. The van der Waals surface area contributed by atoms with Crippen LogP contribution in [0.5, 0.6) is 5.88 Å². The monoisotopic (exact) mass is 317 g/mol. The van der Waals surface area contributed by atoms with Gasteiger partial charge >= 0.3 is 0 Å². The van der Waals surface area contributed by atoms with Crippen molar-refractivity contribution >= 4 is 5.91 Å². The van der Waals surface area contributed by atoms with Gasteiger partial charge in [-0.2, -0.15) is 0 Å².